The van der Waals surface area contributed by atoms with Gasteiger partial charge in [-0.05, 0) is 55.2 Å². The van der Waals surface area contributed by atoms with Crippen LogP contribution >= 0.6 is 0 Å². The summed E-state index contributed by atoms with van der Waals surface area (Å²) < 4.78 is 31.9. The molecule has 0 saturated carbocycles. The lowest BCUT2D eigenvalue weighted by Crippen LogP contribution is -2.40. The number of pyridine rings is 1. The molecule has 0 aliphatic carbocycles. The summed E-state index contributed by atoms with van der Waals surface area (Å²) in [6.07, 6.45) is 3.84. The van der Waals surface area contributed by atoms with Gasteiger partial charge >= 0.3 is 5.97 Å². The summed E-state index contributed by atoms with van der Waals surface area (Å²) in [5.41, 5.74) is 0.958. The molecule has 9 nitrogen and oxygen atoms in total. The van der Waals surface area contributed by atoms with E-state index in [0.717, 1.165) is 0 Å². The second-order valence-electron chi connectivity index (χ2n) is 8.62. The number of nitrogens with zero attached hydrogens (tertiary/aromatic N) is 2. The molecule has 0 atom stereocenters. The maximum absolute atomic E-state index is 12.7. The molecule has 2 heterocycles. The zero-order valence-electron chi connectivity index (χ0n) is 19.3. The normalized spacial score (nSPS) is 15.1. The molecule has 2 aromatic rings. The molecule has 1 aliphatic rings. The Labute approximate surface area is 199 Å². The van der Waals surface area contributed by atoms with Crippen molar-refractivity contribution in [1.29, 1.82) is 0 Å². The van der Waals surface area contributed by atoms with Crippen molar-refractivity contribution in [3.05, 3.63) is 54.4 Å². The summed E-state index contributed by atoms with van der Waals surface area (Å²) in [5.74, 6) is -1.18. The molecule has 34 heavy (non-hydrogen) atoms. The maximum atomic E-state index is 12.7. The van der Waals surface area contributed by atoms with Crippen LogP contribution in [0.2, 0.25) is 0 Å². The van der Waals surface area contributed by atoms with Crippen molar-refractivity contribution in [3.63, 3.8) is 0 Å². The molecule has 3 rings (SSSR count). The van der Waals surface area contributed by atoms with Crippen LogP contribution in [0.3, 0.4) is 0 Å². The van der Waals surface area contributed by atoms with Crippen molar-refractivity contribution in [3.8, 4) is 0 Å². The molecule has 182 valence electrons. The van der Waals surface area contributed by atoms with Gasteiger partial charge in [0.25, 0.3) is 0 Å². The number of amides is 1. The van der Waals surface area contributed by atoms with Gasteiger partial charge in [-0.1, -0.05) is 13.8 Å². The third-order valence-corrected chi connectivity index (χ3v) is 7.37. The zero-order valence-corrected chi connectivity index (χ0v) is 20.1. The Morgan fingerprint density at radius 3 is 2.38 bits per heavy atom. The van der Waals surface area contributed by atoms with Crippen LogP contribution in [0.25, 0.3) is 0 Å². The first kappa shape index (κ1) is 25.5. The highest BCUT2D eigenvalue weighted by molar-refractivity contribution is 7.89. The van der Waals surface area contributed by atoms with Crippen molar-refractivity contribution >= 4 is 33.4 Å². The lowest BCUT2D eigenvalue weighted by atomic mass is 9.98. The van der Waals surface area contributed by atoms with Crippen molar-refractivity contribution < 1.29 is 27.5 Å². The fourth-order valence-electron chi connectivity index (χ4n) is 3.64. The number of nitrogens with one attached hydrogen (secondary N) is 1. The number of Topliss-reactive ketones (excluding diaryl/α,β-unsaturated/α-hetero) is 1. The molecule has 0 bridgehead atoms. The molecule has 1 saturated heterocycles. The fraction of sp³-hybridized carbons (Fsp3) is 0.417. The minimum Gasteiger partial charge on any atom is -0.457 e. The van der Waals surface area contributed by atoms with E-state index in [1.165, 1.54) is 22.8 Å². The van der Waals surface area contributed by atoms with E-state index in [1.54, 1.807) is 30.3 Å². The third-order valence-electron chi connectivity index (χ3n) is 5.49. The summed E-state index contributed by atoms with van der Waals surface area (Å²) in [6, 6.07) is 9.45. The highest BCUT2D eigenvalue weighted by Gasteiger charge is 2.33. The summed E-state index contributed by atoms with van der Waals surface area (Å²) in [5, 5.41) is 2.77. The number of sulfonamides is 1. The lowest BCUT2D eigenvalue weighted by Gasteiger charge is -2.29. The summed E-state index contributed by atoms with van der Waals surface area (Å²) in [7, 11) is -3.65. The van der Waals surface area contributed by atoms with E-state index in [9.17, 15) is 22.8 Å². The predicted octanol–water partition coefficient (Wildman–Crippen LogP) is 2.89. The average Bonchev–Trinajstić information content (AvgIpc) is 2.83. The molecule has 1 aliphatic heterocycles. The standard InChI is InChI=1S/C24H29N3O6S/c1-17(2)14-23(29)26-20-7-5-18(6-8-20)22(28)16-33-24(30)19-9-12-27(13-10-19)34(31,32)21-4-3-11-25-15-21/h3-8,11,15,17,19H,9-10,12-14,16H2,1-2H3,(H,26,29). The Bertz CT molecular complexity index is 1110. The second-order valence-corrected chi connectivity index (χ2v) is 10.6. The second kappa shape index (κ2) is 11.3. The van der Waals surface area contributed by atoms with Crippen LogP contribution in [0.5, 0.6) is 0 Å². The molecular formula is C24H29N3O6S. The van der Waals surface area contributed by atoms with Gasteiger partial charge in [0.05, 0.1) is 5.92 Å². The number of anilines is 1. The summed E-state index contributed by atoms with van der Waals surface area (Å²) in [4.78, 5) is 40.6. The minimum atomic E-state index is -3.65. The number of carbonyl (C=O) groups excluding carboxylic acids is 3. The van der Waals surface area contributed by atoms with E-state index in [1.807, 2.05) is 13.8 Å². The van der Waals surface area contributed by atoms with Gasteiger partial charge in [0.2, 0.25) is 15.9 Å². The van der Waals surface area contributed by atoms with Crippen LogP contribution in [-0.2, 0) is 24.3 Å². The predicted molar refractivity (Wildman–Crippen MR) is 126 cm³/mol. The van der Waals surface area contributed by atoms with Gasteiger partial charge in [0.1, 0.15) is 4.90 Å². The molecule has 10 heteroatoms. The van der Waals surface area contributed by atoms with Gasteiger partial charge in [-0.2, -0.15) is 4.31 Å². The van der Waals surface area contributed by atoms with Gasteiger partial charge in [-0.3, -0.25) is 19.4 Å². The molecule has 1 N–H and O–H groups in total. The number of rotatable bonds is 9. The third kappa shape index (κ3) is 6.71. The fourth-order valence-corrected chi connectivity index (χ4v) is 5.08. The van der Waals surface area contributed by atoms with E-state index in [0.29, 0.717) is 30.5 Å². The van der Waals surface area contributed by atoms with Crippen LogP contribution in [0.15, 0.2) is 53.7 Å². The van der Waals surface area contributed by atoms with Crippen molar-refractivity contribution in [1.82, 2.24) is 9.29 Å². The number of benzene rings is 1. The smallest absolute Gasteiger partial charge is 0.309 e. The van der Waals surface area contributed by atoms with Gasteiger partial charge in [-0.25, -0.2) is 8.42 Å². The Morgan fingerprint density at radius 1 is 1.12 bits per heavy atom. The zero-order chi connectivity index (χ0) is 24.7. The molecule has 0 spiro atoms. The average molecular weight is 488 g/mol. The minimum absolute atomic E-state index is 0.0951. The van der Waals surface area contributed by atoms with E-state index in [4.69, 9.17) is 4.74 Å². The van der Waals surface area contributed by atoms with Crippen LogP contribution in [-0.4, -0.2) is 55.1 Å². The number of aromatic nitrogens is 1. The van der Waals surface area contributed by atoms with Gasteiger partial charge in [0.15, 0.2) is 12.4 Å². The Kier molecular flexibility index (Phi) is 8.51. The van der Waals surface area contributed by atoms with Gasteiger partial charge < -0.3 is 10.1 Å². The van der Waals surface area contributed by atoms with Crippen LogP contribution in [0.4, 0.5) is 5.69 Å². The number of piperidine rings is 1. The molecule has 1 fully saturated rings. The summed E-state index contributed by atoms with van der Waals surface area (Å²) >= 11 is 0. The molecule has 1 amide bonds. The number of carbonyl (C=O) groups is 3. The van der Waals surface area contributed by atoms with Gasteiger partial charge in [-0.15, -0.1) is 0 Å². The Hall–Kier alpha value is -3.11. The number of hydrogen-bond donors (Lipinski definition) is 1. The van der Waals surface area contributed by atoms with E-state index >= 15 is 0 Å². The molecule has 0 unspecified atom stereocenters. The van der Waals surface area contributed by atoms with Crippen LogP contribution in [0, 0.1) is 11.8 Å². The number of ketones is 1. The largest absolute Gasteiger partial charge is 0.457 e. The number of ether oxygens (including phenoxy) is 1. The topological polar surface area (TPSA) is 123 Å². The van der Waals surface area contributed by atoms with E-state index in [2.05, 4.69) is 10.3 Å². The van der Waals surface area contributed by atoms with Crippen LogP contribution < -0.4 is 5.32 Å². The molecule has 1 aromatic carbocycles. The maximum Gasteiger partial charge on any atom is 0.309 e. The van der Waals surface area contributed by atoms with Crippen molar-refractivity contribution in [2.75, 3.05) is 25.0 Å². The number of hydrogen-bond acceptors (Lipinski definition) is 7. The number of esters is 1. The van der Waals surface area contributed by atoms with Crippen molar-refractivity contribution in [2.24, 2.45) is 11.8 Å². The Morgan fingerprint density at radius 2 is 1.79 bits per heavy atom. The monoisotopic (exact) mass is 487 g/mol. The van der Waals surface area contributed by atoms with Crippen molar-refractivity contribution in [2.45, 2.75) is 38.0 Å². The molecule has 0 radical (unpaired) electrons. The van der Waals surface area contributed by atoms with Gasteiger partial charge in [0, 0.05) is 43.2 Å². The van der Waals surface area contributed by atoms with E-state index in [-0.39, 0.29) is 35.6 Å². The molecule has 1 aromatic heterocycles. The van der Waals surface area contributed by atoms with Crippen LogP contribution in [0.1, 0.15) is 43.5 Å². The highest BCUT2D eigenvalue weighted by atomic mass is 32.2. The van der Waals surface area contributed by atoms with E-state index < -0.39 is 28.5 Å². The summed E-state index contributed by atoms with van der Waals surface area (Å²) in [6.45, 7) is 3.89. The lowest BCUT2D eigenvalue weighted by molar-refractivity contribution is -0.148. The SMILES string of the molecule is CC(C)CC(=O)Nc1ccc(C(=O)COC(=O)C2CCN(S(=O)(=O)c3cccnc3)CC2)cc1. The quantitative estimate of drug-likeness (QED) is 0.426. The first-order chi connectivity index (χ1) is 16.2. The first-order valence-corrected chi connectivity index (χ1v) is 12.6. The molecular weight excluding hydrogens is 458 g/mol. The Balaban J connectivity index is 1.46. The highest BCUT2D eigenvalue weighted by Crippen LogP contribution is 2.24. The first-order valence-electron chi connectivity index (χ1n) is 11.2.